The van der Waals surface area contributed by atoms with Gasteiger partial charge in [-0.1, -0.05) is 48.5 Å². The maximum absolute atomic E-state index is 13.4. The van der Waals surface area contributed by atoms with Crippen LogP contribution in [-0.4, -0.2) is 24.1 Å². The van der Waals surface area contributed by atoms with Crippen LogP contribution in [0.4, 0.5) is 5.69 Å². The number of carboxylic acids is 1. The zero-order valence-corrected chi connectivity index (χ0v) is 18.1. The van der Waals surface area contributed by atoms with E-state index in [9.17, 15) is 14.7 Å². The maximum atomic E-state index is 13.4. The molecule has 0 radical (unpaired) electrons. The van der Waals surface area contributed by atoms with Crippen LogP contribution in [0.5, 0.6) is 5.75 Å². The van der Waals surface area contributed by atoms with E-state index in [-0.39, 0.29) is 11.5 Å². The average Bonchev–Trinajstić information content (AvgIpc) is 2.87. The quantitative estimate of drug-likeness (QED) is 0.390. The molecule has 0 aromatic heterocycles. The van der Waals surface area contributed by atoms with Crippen LogP contribution in [0.1, 0.15) is 26.3 Å². The Balaban J connectivity index is 1.67. The molecule has 0 unspecified atom stereocenters. The summed E-state index contributed by atoms with van der Waals surface area (Å²) in [6.07, 6.45) is 0. The smallest absolute Gasteiger partial charge is 0.335 e. The highest BCUT2D eigenvalue weighted by Crippen LogP contribution is 2.25. The first-order chi connectivity index (χ1) is 16.0. The van der Waals surface area contributed by atoms with Gasteiger partial charge in [0, 0.05) is 11.3 Å². The van der Waals surface area contributed by atoms with Crippen LogP contribution in [0.15, 0.2) is 103 Å². The van der Waals surface area contributed by atoms with Gasteiger partial charge in [0.25, 0.3) is 5.91 Å². The van der Waals surface area contributed by atoms with E-state index in [1.165, 1.54) is 0 Å². The first-order valence-electron chi connectivity index (χ1n) is 10.5. The molecule has 0 bridgehead atoms. The monoisotopic (exact) mass is 437 g/mol. The Morgan fingerprint density at radius 1 is 0.758 bits per heavy atom. The fraction of sp³-hybridized carbons (Fsp3) is 0.0714. The second-order valence-corrected chi connectivity index (χ2v) is 7.54. The number of carbonyl (C=O) groups excluding carboxylic acids is 1. The SMILES string of the molecule is COc1ccc(C(=O)N(Cc2cccc(-c3cccc(C(=O)O)c3)c2)c2ccccc2)cc1. The highest BCUT2D eigenvalue weighted by Gasteiger charge is 2.18. The summed E-state index contributed by atoms with van der Waals surface area (Å²) in [6, 6.07) is 31.2. The van der Waals surface area contributed by atoms with Crippen molar-refractivity contribution in [2.45, 2.75) is 6.54 Å². The third kappa shape index (κ3) is 5.10. The Morgan fingerprint density at radius 2 is 1.42 bits per heavy atom. The lowest BCUT2D eigenvalue weighted by Crippen LogP contribution is -2.30. The van der Waals surface area contributed by atoms with Crippen molar-refractivity contribution in [3.05, 3.63) is 120 Å². The summed E-state index contributed by atoms with van der Waals surface area (Å²) in [5, 5.41) is 9.31. The molecule has 1 N–H and O–H groups in total. The van der Waals surface area contributed by atoms with E-state index in [1.807, 2.05) is 60.7 Å². The Labute approximate surface area is 192 Å². The van der Waals surface area contributed by atoms with Crippen molar-refractivity contribution in [3.8, 4) is 16.9 Å². The van der Waals surface area contributed by atoms with Gasteiger partial charge in [-0.3, -0.25) is 4.79 Å². The zero-order valence-electron chi connectivity index (χ0n) is 18.1. The molecule has 4 aromatic carbocycles. The molecule has 0 spiro atoms. The highest BCUT2D eigenvalue weighted by molar-refractivity contribution is 6.06. The van der Waals surface area contributed by atoms with Crippen LogP contribution in [-0.2, 0) is 6.54 Å². The second kappa shape index (κ2) is 9.83. The first kappa shape index (κ1) is 21.8. The van der Waals surface area contributed by atoms with Crippen molar-refractivity contribution < 1.29 is 19.4 Å². The van der Waals surface area contributed by atoms with Crippen LogP contribution in [0.3, 0.4) is 0 Å². The Hall–Kier alpha value is -4.38. The third-order valence-corrected chi connectivity index (χ3v) is 5.36. The summed E-state index contributed by atoms with van der Waals surface area (Å²) < 4.78 is 5.21. The number of amides is 1. The molecule has 0 saturated carbocycles. The molecule has 0 aliphatic rings. The number of hydrogen-bond donors (Lipinski definition) is 1. The van der Waals surface area contributed by atoms with E-state index in [0.29, 0.717) is 17.9 Å². The number of rotatable bonds is 7. The van der Waals surface area contributed by atoms with Gasteiger partial charge in [-0.05, 0) is 71.3 Å². The van der Waals surface area contributed by atoms with Crippen molar-refractivity contribution >= 4 is 17.6 Å². The summed E-state index contributed by atoms with van der Waals surface area (Å²) in [7, 11) is 1.59. The number of ether oxygens (including phenoxy) is 1. The molecule has 164 valence electrons. The topological polar surface area (TPSA) is 66.8 Å². The number of hydrogen-bond acceptors (Lipinski definition) is 3. The Bertz CT molecular complexity index is 1270. The lowest BCUT2D eigenvalue weighted by atomic mass is 10.0. The number of aromatic carboxylic acids is 1. The van der Waals surface area contributed by atoms with Gasteiger partial charge in [0.2, 0.25) is 0 Å². The molecule has 0 atom stereocenters. The van der Waals surface area contributed by atoms with E-state index in [1.54, 1.807) is 54.5 Å². The van der Waals surface area contributed by atoms with Crippen molar-refractivity contribution in [2.24, 2.45) is 0 Å². The predicted octanol–water partition coefficient (Wildman–Crippen LogP) is 5.91. The van der Waals surface area contributed by atoms with Crippen molar-refractivity contribution in [2.75, 3.05) is 12.0 Å². The van der Waals surface area contributed by atoms with Crippen molar-refractivity contribution in [3.63, 3.8) is 0 Å². The van der Waals surface area contributed by atoms with E-state index in [0.717, 1.165) is 22.4 Å². The van der Waals surface area contributed by atoms with E-state index in [4.69, 9.17) is 4.74 Å². The Kier molecular flexibility index (Phi) is 6.51. The molecule has 4 rings (SSSR count). The van der Waals surface area contributed by atoms with Crippen molar-refractivity contribution in [1.82, 2.24) is 0 Å². The number of nitrogens with zero attached hydrogens (tertiary/aromatic N) is 1. The van der Waals surface area contributed by atoms with Gasteiger partial charge in [0.1, 0.15) is 5.75 Å². The third-order valence-electron chi connectivity index (χ3n) is 5.36. The molecule has 5 nitrogen and oxygen atoms in total. The standard InChI is InChI=1S/C28H23NO4/c1-33-26-15-13-21(14-16-26)27(30)29(25-11-3-2-4-12-25)19-20-7-5-8-22(17-20)23-9-6-10-24(18-23)28(31)32/h2-18H,19H2,1H3,(H,31,32). The second-order valence-electron chi connectivity index (χ2n) is 7.54. The number of carboxylic acid groups (broad SMARTS) is 1. The van der Waals surface area contributed by atoms with Gasteiger partial charge >= 0.3 is 5.97 Å². The van der Waals surface area contributed by atoms with E-state index < -0.39 is 5.97 Å². The van der Waals surface area contributed by atoms with Crippen LogP contribution in [0.2, 0.25) is 0 Å². The molecular formula is C28H23NO4. The molecule has 33 heavy (non-hydrogen) atoms. The predicted molar refractivity (Wildman–Crippen MR) is 129 cm³/mol. The van der Waals surface area contributed by atoms with Crippen LogP contribution < -0.4 is 9.64 Å². The van der Waals surface area contributed by atoms with Gasteiger partial charge in [-0.2, -0.15) is 0 Å². The number of anilines is 1. The fourth-order valence-electron chi connectivity index (χ4n) is 3.64. The van der Waals surface area contributed by atoms with E-state index in [2.05, 4.69) is 0 Å². The lowest BCUT2D eigenvalue weighted by molar-refractivity contribution is 0.0696. The van der Waals surface area contributed by atoms with Crippen molar-refractivity contribution in [1.29, 1.82) is 0 Å². The summed E-state index contributed by atoms with van der Waals surface area (Å²) in [5.41, 5.74) is 4.21. The summed E-state index contributed by atoms with van der Waals surface area (Å²) in [6.45, 7) is 0.362. The summed E-state index contributed by atoms with van der Waals surface area (Å²) in [4.78, 5) is 26.5. The number of para-hydroxylation sites is 1. The molecular weight excluding hydrogens is 414 g/mol. The van der Waals surface area contributed by atoms with Crippen LogP contribution >= 0.6 is 0 Å². The lowest BCUT2D eigenvalue weighted by Gasteiger charge is -2.23. The summed E-state index contributed by atoms with van der Waals surface area (Å²) in [5.74, 6) is -0.399. The first-order valence-corrected chi connectivity index (χ1v) is 10.5. The molecule has 0 heterocycles. The number of methoxy groups -OCH3 is 1. The van der Waals surface area contributed by atoms with Gasteiger partial charge in [-0.15, -0.1) is 0 Å². The molecule has 0 saturated heterocycles. The number of benzene rings is 4. The number of carbonyl (C=O) groups is 2. The minimum Gasteiger partial charge on any atom is -0.497 e. The molecule has 0 aliphatic carbocycles. The normalized spacial score (nSPS) is 10.5. The molecule has 0 fully saturated rings. The molecule has 5 heteroatoms. The Morgan fingerprint density at radius 3 is 2.09 bits per heavy atom. The minimum absolute atomic E-state index is 0.123. The average molecular weight is 437 g/mol. The zero-order chi connectivity index (χ0) is 23.2. The van der Waals surface area contributed by atoms with Gasteiger partial charge in [0.05, 0.1) is 19.2 Å². The molecule has 1 amide bonds. The minimum atomic E-state index is -0.964. The van der Waals surface area contributed by atoms with Crippen LogP contribution in [0, 0.1) is 0 Å². The summed E-state index contributed by atoms with van der Waals surface area (Å²) >= 11 is 0. The van der Waals surface area contributed by atoms with E-state index >= 15 is 0 Å². The van der Waals surface area contributed by atoms with Gasteiger partial charge in [0.15, 0.2) is 0 Å². The van der Waals surface area contributed by atoms with Gasteiger partial charge in [-0.25, -0.2) is 4.79 Å². The fourth-order valence-corrected chi connectivity index (χ4v) is 3.64. The largest absolute Gasteiger partial charge is 0.497 e. The van der Waals surface area contributed by atoms with Gasteiger partial charge < -0.3 is 14.7 Å². The molecule has 4 aromatic rings. The molecule has 0 aliphatic heterocycles. The van der Waals surface area contributed by atoms with Crippen LogP contribution in [0.25, 0.3) is 11.1 Å². The maximum Gasteiger partial charge on any atom is 0.335 e. The highest BCUT2D eigenvalue weighted by atomic mass is 16.5.